The van der Waals surface area contributed by atoms with Gasteiger partial charge in [-0.3, -0.25) is 0 Å². The van der Waals surface area contributed by atoms with Gasteiger partial charge in [-0.1, -0.05) is 0 Å². The SMILES string of the molecule is CC(C)N1CCCCN(C(C)C)CCCC1. The first-order valence-electron chi connectivity index (χ1n) is 7.09. The van der Waals surface area contributed by atoms with E-state index < -0.39 is 0 Å². The smallest absolute Gasteiger partial charge is 0.00385 e. The van der Waals surface area contributed by atoms with Crippen molar-refractivity contribution in [3.8, 4) is 0 Å². The second kappa shape index (κ2) is 7.29. The molecule has 16 heavy (non-hydrogen) atoms. The molecule has 0 atom stereocenters. The van der Waals surface area contributed by atoms with E-state index in [1.54, 1.807) is 0 Å². The Labute approximate surface area is 102 Å². The highest BCUT2D eigenvalue weighted by Crippen LogP contribution is 2.10. The van der Waals surface area contributed by atoms with Crippen molar-refractivity contribution in [1.29, 1.82) is 0 Å². The lowest BCUT2D eigenvalue weighted by Crippen LogP contribution is -2.37. The maximum atomic E-state index is 2.64. The normalized spacial score (nSPS) is 22.9. The van der Waals surface area contributed by atoms with Crippen LogP contribution in [-0.2, 0) is 0 Å². The molecule has 2 nitrogen and oxygen atoms in total. The van der Waals surface area contributed by atoms with E-state index in [0.29, 0.717) is 0 Å². The largest absolute Gasteiger partial charge is 0.301 e. The van der Waals surface area contributed by atoms with Crippen LogP contribution in [-0.4, -0.2) is 48.1 Å². The van der Waals surface area contributed by atoms with Crippen molar-refractivity contribution in [3.05, 3.63) is 0 Å². The third-order valence-corrected chi connectivity index (χ3v) is 3.74. The highest BCUT2D eigenvalue weighted by atomic mass is 15.2. The first kappa shape index (κ1) is 14.0. The van der Waals surface area contributed by atoms with Crippen LogP contribution in [0, 0.1) is 0 Å². The molecular weight excluding hydrogens is 196 g/mol. The molecule has 0 aromatic heterocycles. The van der Waals surface area contributed by atoms with Crippen LogP contribution < -0.4 is 0 Å². The maximum absolute atomic E-state index is 2.64. The second-order valence-corrected chi connectivity index (χ2v) is 5.67. The fourth-order valence-corrected chi connectivity index (χ4v) is 2.52. The molecule has 0 radical (unpaired) electrons. The van der Waals surface area contributed by atoms with Crippen LogP contribution in [0.1, 0.15) is 53.4 Å². The molecule has 96 valence electrons. The van der Waals surface area contributed by atoms with Crippen LogP contribution in [0.4, 0.5) is 0 Å². The van der Waals surface area contributed by atoms with Gasteiger partial charge in [0.25, 0.3) is 0 Å². The van der Waals surface area contributed by atoms with E-state index in [4.69, 9.17) is 0 Å². The van der Waals surface area contributed by atoms with Gasteiger partial charge >= 0.3 is 0 Å². The van der Waals surface area contributed by atoms with Crippen LogP contribution in [0.25, 0.3) is 0 Å². The highest BCUT2D eigenvalue weighted by molar-refractivity contribution is 4.69. The summed E-state index contributed by atoms with van der Waals surface area (Å²) in [4.78, 5) is 5.29. The topological polar surface area (TPSA) is 6.48 Å². The fraction of sp³-hybridized carbons (Fsp3) is 1.00. The van der Waals surface area contributed by atoms with Gasteiger partial charge < -0.3 is 9.80 Å². The molecule has 0 N–H and O–H groups in total. The van der Waals surface area contributed by atoms with E-state index in [1.165, 1.54) is 51.9 Å². The van der Waals surface area contributed by atoms with E-state index in [1.807, 2.05) is 0 Å². The standard InChI is InChI=1S/C14H30N2/c1-13(2)15-9-5-7-11-16(14(3)4)12-8-6-10-15/h13-14H,5-12H2,1-4H3. The van der Waals surface area contributed by atoms with Crippen LogP contribution in [0.5, 0.6) is 0 Å². The molecular formula is C14H30N2. The fourth-order valence-electron chi connectivity index (χ4n) is 2.52. The van der Waals surface area contributed by atoms with E-state index >= 15 is 0 Å². The average molecular weight is 226 g/mol. The number of hydrogen-bond donors (Lipinski definition) is 0. The summed E-state index contributed by atoms with van der Waals surface area (Å²) in [6.45, 7) is 14.5. The molecule has 0 aromatic carbocycles. The molecule has 1 aliphatic heterocycles. The van der Waals surface area contributed by atoms with Crippen LogP contribution in [0.3, 0.4) is 0 Å². The molecule has 1 heterocycles. The first-order chi connectivity index (χ1) is 7.61. The third-order valence-electron chi connectivity index (χ3n) is 3.74. The Hall–Kier alpha value is -0.0800. The van der Waals surface area contributed by atoms with Gasteiger partial charge in [-0.2, -0.15) is 0 Å². The summed E-state index contributed by atoms with van der Waals surface area (Å²) < 4.78 is 0. The van der Waals surface area contributed by atoms with Gasteiger partial charge in [-0.25, -0.2) is 0 Å². The van der Waals surface area contributed by atoms with Gasteiger partial charge in [0, 0.05) is 12.1 Å². The molecule has 0 aromatic rings. The summed E-state index contributed by atoms with van der Waals surface area (Å²) in [5.41, 5.74) is 0. The van der Waals surface area contributed by atoms with Gasteiger partial charge in [-0.05, 0) is 79.6 Å². The van der Waals surface area contributed by atoms with Crippen molar-refractivity contribution in [3.63, 3.8) is 0 Å². The van der Waals surface area contributed by atoms with Gasteiger partial charge in [-0.15, -0.1) is 0 Å². The minimum atomic E-state index is 0.723. The predicted octanol–water partition coefficient (Wildman–Crippen LogP) is 2.98. The Kier molecular flexibility index (Phi) is 6.37. The zero-order chi connectivity index (χ0) is 12.0. The summed E-state index contributed by atoms with van der Waals surface area (Å²) in [6, 6.07) is 1.45. The van der Waals surface area contributed by atoms with E-state index in [2.05, 4.69) is 37.5 Å². The molecule has 0 amide bonds. The van der Waals surface area contributed by atoms with Gasteiger partial charge in [0.15, 0.2) is 0 Å². The summed E-state index contributed by atoms with van der Waals surface area (Å²) in [5.74, 6) is 0. The summed E-state index contributed by atoms with van der Waals surface area (Å²) in [6.07, 6.45) is 5.45. The van der Waals surface area contributed by atoms with Crippen molar-refractivity contribution < 1.29 is 0 Å². The van der Waals surface area contributed by atoms with Crippen molar-refractivity contribution in [2.75, 3.05) is 26.2 Å². The predicted molar refractivity (Wildman–Crippen MR) is 71.9 cm³/mol. The lowest BCUT2D eigenvalue weighted by atomic mass is 10.1. The average Bonchev–Trinajstić information content (AvgIpc) is 2.24. The van der Waals surface area contributed by atoms with Gasteiger partial charge in [0.05, 0.1) is 0 Å². The Morgan fingerprint density at radius 2 is 0.812 bits per heavy atom. The van der Waals surface area contributed by atoms with Gasteiger partial charge in [0.1, 0.15) is 0 Å². The summed E-state index contributed by atoms with van der Waals surface area (Å²) in [7, 11) is 0. The Morgan fingerprint density at radius 3 is 1.00 bits per heavy atom. The molecule has 1 saturated heterocycles. The zero-order valence-corrected chi connectivity index (χ0v) is 11.7. The molecule has 0 aliphatic carbocycles. The summed E-state index contributed by atoms with van der Waals surface area (Å²) >= 11 is 0. The van der Waals surface area contributed by atoms with Crippen LogP contribution >= 0.6 is 0 Å². The Morgan fingerprint density at radius 1 is 0.562 bits per heavy atom. The lowest BCUT2D eigenvalue weighted by Gasteiger charge is -2.31. The number of nitrogens with zero attached hydrogens (tertiary/aromatic N) is 2. The molecule has 2 heteroatoms. The monoisotopic (exact) mass is 226 g/mol. The van der Waals surface area contributed by atoms with Crippen LogP contribution in [0.2, 0.25) is 0 Å². The number of rotatable bonds is 2. The molecule has 1 fully saturated rings. The van der Waals surface area contributed by atoms with E-state index in [9.17, 15) is 0 Å². The minimum Gasteiger partial charge on any atom is -0.301 e. The second-order valence-electron chi connectivity index (χ2n) is 5.67. The van der Waals surface area contributed by atoms with Crippen LogP contribution in [0.15, 0.2) is 0 Å². The molecule has 1 aliphatic rings. The quantitative estimate of drug-likeness (QED) is 0.714. The van der Waals surface area contributed by atoms with Crippen molar-refractivity contribution in [2.45, 2.75) is 65.5 Å². The number of hydrogen-bond acceptors (Lipinski definition) is 2. The zero-order valence-electron chi connectivity index (χ0n) is 11.7. The van der Waals surface area contributed by atoms with Crippen molar-refractivity contribution in [2.24, 2.45) is 0 Å². The highest BCUT2D eigenvalue weighted by Gasteiger charge is 2.13. The molecule has 0 saturated carbocycles. The molecule has 0 bridgehead atoms. The minimum absolute atomic E-state index is 0.723. The van der Waals surface area contributed by atoms with Crippen molar-refractivity contribution >= 4 is 0 Å². The molecule has 0 spiro atoms. The first-order valence-corrected chi connectivity index (χ1v) is 7.09. The van der Waals surface area contributed by atoms with E-state index in [0.717, 1.165) is 12.1 Å². The van der Waals surface area contributed by atoms with Crippen molar-refractivity contribution in [1.82, 2.24) is 9.80 Å². The Bertz CT molecular complexity index is 146. The third kappa shape index (κ3) is 4.84. The van der Waals surface area contributed by atoms with E-state index in [-0.39, 0.29) is 0 Å². The summed E-state index contributed by atoms with van der Waals surface area (Å²) in [5, 5.41) is 0. The Balaban J connectivity index is 2.37. The molecule has 0 unspecified atom stereocenters. The molecule has 1 rings (SSSR count). The lowest BCUT2D eigenvalue weighted by molar-refractivity contribution is 0.167. The van der Waals surface area contributed by atoms with Gasteiger partial charge in [0.2, 0.25) is 0 Å². The maximum Gasteiger partial charge on any atom is 0.00385 e.